The quantitative estimate of drug-likeness (QED) is 0.0744. The topological polar surface area (TPSA) is 244 Å². The van der Waals surface area contributed by atoms with Crippen molar-refractivity contribution in [3.8, 4) is 0 Å². The van der Waals surface area contributed by atoms with Gasteiger partial charge in [0.05, 0.1) is 6.04 Å². The third-order valence-corrected chi connectivity index (χ3v) is 5.72. The zero-order valence-electron chi connectivity index (χ0n) is 20.8. The molecule has 1 aliphatic rings. The number of nitrogens with one attached hydrogen (secondary N) is 2. The molecule has 14 nitrogen and oxygen atoms in total. The van der Waals surface area contributed by atoms with Gasteiger partial charge in [-0.05, 0) is 44.4 Å². The molecule has 0 spiro atoms. The number of hydrogen-bond donors (Lipinski definition) is 7. The maximum absolute atomic E-state index is 13.0. The van der Waals surface area contributed by atoms with Crippen LogP contribution in [-0.2, 0) is 24.0 Å². The minimum Gasteiger partial charge on any atom is -0.481 e. The van der Waals surface area contributed by atoms with Crippen LogP contribution >= 0.6 is 0 Å². The number of rotatable bonds is 15. The van der Waals surface area contributed by atoms with Gasteiger partial charge >= 0.3 is 11.9 Å². The molecule has 3 amide bonds. The molecule has 0 bridgehead atoms. The smallest absolute Gasteiger partial charge is 0.326 e. The van der Waals surface area contributed by atoms with Crippen LogP contribution in [0.2, 0.25) is 0 Å². The molecule has 1 aliphatic heterocycles. The summed E-state index contributed by atoms with van der Waals surface area (Å²) < 4.78 is 0. The molecular weight excluding hydrogens is 474 g/mol. The number of carbonyl (C=O) groups excluding carboxylic acids is 3. The highest BCUT2D eigenvalue weighted by Gasteiger charge is 2.38. The largest absolute Gasteiger partial charge is 0.481 e. The van der Waals surface area contributed by atoms with Gasteiger partial charge < -0.3 is 42.9 Å². The zero-order chi connectivity index (χ0) is 27.4. The number of likely N-dealkylation sites (tertiary alicyclic amines) is 1. The van der Waals surface area contributed by atoms with Gasteiger partial charge in [-0.15, -0.1) is 0 Å². The van der Waals surface area contributed by atoms with Crippen LogP contribution in [0.4, 0.5) is 0 Å². The van der Waals surface area contributed by atoms with Crippen molar-refractivity contribution in [1.29, 1.82) is 0 Å². The first kappa shape index (κ1) is 30.6. The zero-order valence-corrected chi connectivity index (χ0v) is 20.8. The molecule has 1 rings (SSSR count). The number of nitrogens with zero attached hydrogens (tertiary/aromatic N) is 2. The molecule has 1 saturated heterocycles. The van der Waals surface area contributed by atoms with E-state index < -0.39 is 54.3 Å². The van der Waals surface area contributed by atoms with Gasteiger partial charge in [-0.25, -0.2) is 4.79 Å². The molecule has 0 aliphatic carbocycles. The van der Waals surface area contributed by atoms with E-state index in [1.54, 1.807) is 0 Å². The molecule has 4 unspecified atom stereocenters. The molecule has 204 valence electrons. The molecule has 0 aromatic heterocycles. The third kappa shape index (κ3) is 10.5. The summed E-state index contributed by atoms with van der Waals surface area (Å²) in [5, 5.41) is 23.4. The van der Waals surface area contributed by atoms with Crippen LogP contribution < -0.4 is 27.8 Å². The van der Waals surface area contributed by atoms with Gasteiger partial charge in [0.25, 0.3) is 0 Å². The lowest BCUT2D eigenvalue weighted by atomic mass is 10.0. The van der Waals surface area contributed by atoms with E-state index in [2.05, 4.69) is 15.6 Å². The SMILES string of the molecule is CC(C)CC(N)C(=O)N1CCCC1C(=O)NC(CCC(=O)O)C(=O)NC(CCCN=C(N)N)C(=O)O. The Bertz CT molecular complexity index is 830. The second-order valence-corrected chi connectivity index (χ2v) is 9.27. The van der Waals surface area contributed by atoms with Crippen molar-refractivity contribution in [2.45, 2.75) is 83.0 Å². The number of hydrogen-bond acceptors (Lipinski definition) is 7. The monoisotopic (exact) mass is 513 g/mol. The highest BCUT2D eigenvalue weighted by atomic mass is 16.4. The molecule has 0 radical (unpaired) electrons. The van der Waals surface area contributed by atoms with Crippen molar-refractivity contribution in [2.75, 3.05) is 13.1 Å². The Balaban J connectivity index is 2.91. The lowest BCUT2D eigenvalue weighted by Gasteiger charge is -2.29. The minimum absolute atomic E-state index is 0.0100. The lowest BCUT2D eigenvalue weighted by molar-refractivity contribution is -0.144. The van der Waals surface area contributed by atoms with E-state index in [-0.39, 0.29) is 43.6 Å². The predicted octanol–water partition coefficient (Wildman–Crippen LogP) is -1.68. The van der Waals surface area contributed by atoms with Gasteiger partial charge in [0.2, 0.25) is 17.7 Å². The molecule has 4 atom stereocenters. The number of carboxylic acids is 2. The van der Waals surface area contributed by atoms with E-state index in [1.165, 1.54) is 4.90 Å². The van der Waals surface area contributed by atoms with E-state index in [9.17, 15) is 29.1 Å². The maximum Gasteiger partial charge on any atom is 0.326 e. The van der Waals surface area contributed by atoms with E-state index in [0.29, 0.717) is 25.8 Å². The van der Waals surface area contributed by atoms with Crippen molar-refractivity contribution < 1.29 is 34.2 Å². The summed E-state index contributed by atoms with van der Waals surface area (Å²) in [5.74, 6) is -4.28. The lowest BCUT2D eigenvalue weighted by Crippen LogP contribution is -2.56. The molecule has 1 heterocycles. The molecule has 0 aromatic rings. The van der Waals surface area contributed by atoms with Crippen molar-refractivity contribution in [1.82, 2.24) is 15.5 Å². The number of aliphatic carboxylic acids is 2. The van der Waals surface area contributed by atoms with Crippen LogP contribution in [0.3, 0.4) is 0 Å². The molecule has 0 saturated carbocycles. The van der Waals surface area contributed by atoms with Crippen LogP contribution in [-0.4, -0.2) is 88.0 Å². The van der Waals surface area contributed by atoms with Crippen molar-refractivity contribution in [3.63, 3.8) is 0 Å². The summed E-state index contributed by atoms with van der Waals surface area (Å²) in [4.78, 5) is 66.5. The third-order valence-electron chi connectivity index (χ3n) is 5.72. The highest BCUT2D eigenvalue weighted by Crippen LogP contribution is 2.20. The van der Waals surface area contributed by atoms with E-state index in [0.717, 1.165) is 0 Å². The Kier molecular flexibility index (Phi) is 12.6. The Hall–Kier alpha value is -3.42. The van der Waals surface area contributed by atoms with Crippen molar-refractivity contribution in [3.05, 3.63) is 0 Å². The molecule has 0 aromatic carbocycles. The summed E-state index contributed by atoms with van der Waals surface area (Å²) in [6.45, 7) is 4.35. The number of carbonyl (C=O) groups is 5. The first-order valence-corrected chi connectivity index (χ1v) is 12.0. The summed E-state index contributed by atoms with van der Waals surface area (Å²) in [6.07, 6.45) is 0.955. The van der Waals surface area contributed by atoms with Crippen molar-refractivity contribution in [2.24, 2.45) is 28.1 Å². The first-order valence-electron chi connectivity index (χ1n) is 12.0. The molecule has 1 fully saturated rings. The molecule has 36 heavy (non-hydrogen) atoms. The Morgan fingerprint density at radius 3 is 2.28 bits per heavy atom. The van der Waals surface area contributed by atoms with Crippen molar-refractivity contribution >= 4 is 35.6 Å². The van der Waals surface area contributed by atoms with Gasteiger partial charge in [0, 0.05) is 19.5 Å². The van der Waals surface area contributed by atoms with Gasteiger partial charge in [-0.2, -0.15) is 0 Å². The molecular formula is C22H39N7O7. The van der Waals surface area contributed by atoms with Gasteiger partial charge in [0.15, 0.2) is 5.96 Å². The fraction of sp³-hybridized carbons (Fsp3) is 0.727. The number of carboxylic acid groups (broad SMARTS) is 2. The van der Waals surface area contributed by atoms with Crippen LogP contribution in [0.1, 0.15) is 58.8 Å². The summed E-state index contributed by atoms with van der Waals surface area (Å²) in [6, 6.07) is -4.23. The fourth-order valence-corrected chi connectivity index (χ4v) is 3.96. The van der Waals surface area contributed by atoms with Crippen LogP contribution in [0.5, 0.6) is 0 Å². The van der Waals surface area contributed by atoms with Crippen LogP contribution in [0.25, 0.3) is 0 Å². The summed E-state index contributed by atoms with van der Waals surface area (Å²) in [7, 11) is 0. The Labute approximate surface area is 210 Å². The summed E-state index contributed by atoms with van der Waals surface area (Å²) in [5.41, 5.74) is 16.5. The predicted molar refractivity (Wildman–Crippen MR) is 130 cm³/mol. The van der Waals surface area contributed by atoms with Gasteiger partial charge in [-0.1, -0.05) is 13.8 Å². The standard InChI is InChI=1S/C22H39N7O7/c1-12(2)11-13(23)20(34)29-10-4-6-16(29)19(33)27-14(7-8-17(30)31)18(32)28-15(21(35)36)5-3-9-26-22(24)25/h12-16H,3-11,23H2,1-2H3,(H,27,33)(H,28,32)(H,30,31)(H,35,36)(H4,24,25,26). The number of guanidine groups is 1. The molecule has 14 heteroatoms. The average Bonchev–Trinajstić information content (AvgIpc) is 3.26. The van der Waals surface area contributed by atoms with E-state index >= 15 is 0 Å². The summed E-state index contributed by atoms with van der Waals surface area (Å²) >= 11 is 0. The Morgan fingerprint density at radius 2 is 1.72 bits per heavy atom. The number of amides is 3. The Morgan fingerprint density at radius 1 is 1.06 bits per heavy atom. The van der Waals surface area contributed by atoms with Gasteiger partial charge in [-0.3, -0.25) is 24.2 Å². The van der Waals surface area contributed by atoms with E-state index in [4.69, 9.17) is 22.3 Å². The van der Waals surface area contributed by atoms with Crippen LogP contribution in [0.15, 0.2) is 4.99 Å². The molecule has 10 N–H and O–H groups in total. The second-order valence-electron chi connectivity index (χ2n) is 9.27. The fourth-order valence-electron chi connectivity index (χ4n) is 3.96. The average molecular weight is 514 g/mol. The first-order chi connectivity index (χ1) is 16.8. The van der Waals surface area contributed by atoms with E-state index in [1.807, 2.05) is 13.8 Å². The minimum atomic E-state index is -1.31. The van der Waals surface area contributed by atoms with Crippen LogP contribution in [0, 0.1) is 5.92 Å². The highest BCUT2D eigenvalue weighted by molar-refractivity contribution is 5.94. The number of aliphatic imine (C=N–C) groups is 1. The maximum atomic E-state index is 13.0. The normalized spacial score (nSPS) is 17.7. The second kappa shape index (κ2) is 14.9. The number of nitrogens with two attached hydrogens (primary N) is 3. The van der Waals surface area contributed by atoms with Gasteiger partial charge in [0.1, 0.15) is 18.1 Å².